The van der Waals surface area contributed by atoms with Crippen molar-refractivity contribution in [2.75, 3.05) is 14.2 Å². The SMILES string of the molecule is CNS(=O)(=O)c1ccccc1S(=O)(=O)N[C@@H]1CC[C@H](OC)C1. The third-order valence-corrected chi connectivity index (χ3v) is 6.92. The van der Waals surface area contributed by atoms with Gasteiger partial charge in [-0.25, -0.2) is 26.3 Å². The molecule has 0 unspecified atom stereocenters. The van der Waals surface area contributed by atoms with Gasteiger partial charge in [0.15, 0.2) is 0 Å². The molecule has 124 valence electrons. The minimum Gasteiger partial charge on any atom is -0.381 e. The molecule has 1 aliphatic carbocycles. The van der Waals surface area contributed by atoms with Crippen molar-refractivity contribution in [3.8, 4) is 0 Å². The number of rotatable bonds is 6. The molecule has 1 aromatic carbocycles. The number of hydrogen-bond donors (Lipinski definition) is 2. The Balaban J connectivity index is 2.31. The molecule has 7 nitrogen and oxygen atoms in total. The Morgan fingerprint density at radius 3 is 2.14 bits per heavy atom. The summed E-state index contributed by atoms with van der Waals surface area (Å²) in [5.41, 5.74) is 0. The fraction of sp³-hybridized carbons (Fsp3) is 0.538. The summed E-state index contributed by atoms with van der Waals surface area (Å²) in [4.78, 5) is -0.503. The molecule has 0 saturated heterocycles. The van der Waals surface area contributed by atoms with Gasteiger partial charge in [0.25, 0.3) is 0 Å². The van der Waals surface area contributed by atoms with E-state index in [-0.39, 0.29) is 21.9 Å². The Morgan fingerprint density at radius 1 is 1.05 bits per heavy atom. The average molecular weight is 348 g/mol. The molecule has 1 fully saturated rings. The van der Waals surface area contributed by atoms with Gasteiger partial charge < -0.3 is 4.74 Å². The summed E-state index contributed by atoms with van der Waals surface area (Å²) >= 11 is 0. The predicted molar refractivity (Wildman–Crippen MR) is 81.4 cm³/mol. The van der Waals surface area contributed by atoms with Gasteiger partial charge in [-0.05, 0) is 38.4 Å². The van der Waals surface area contributed by atoms with Crippen LogP contribution in [-0.2, 0) is 24.8 Å². The van der Waals surface area contributed by atoms with Crippen molar-refractivity contribution in [3.63, 3.8) is 0 Å². The Bertz CT molecular complexity index is 731. The lowest BCUT2D eigenvalue weighted by Crippen LogP contribution is -2.34. The Labute approximate surface area is 131 Å². The van der Waals surface area contributed by atoms with Gasteiger partial charge in [0.2, 0.25) is 20.0 Å². The summed E-state index contributed by atoms with van der Waals surface area (Å²) in [5.74, 6) is 0. The zero-order valence-electron chi connectivity index (χ0n) is 12.4. The van der Waals surface area contributed by atoms with Gasteiger partial charge in [-0.1, -0.05) is 12.1 Å². The van der Waals surface area contributed by atoms with Gasteiger partial charge in [-0.2, -0.15) is 0 Å². The van der Waals surface area contributed by atoms with Crippen LogP contribution in [0.15, 0.2) is 34.1 Å². The summed E-state index contributed by atoms with van der Waals surface area (Å²) in [6, 6.07) is 5.29. The van der Waals surface area contributed by atoms with Gasteiger partial charge in [-0.3, -0.25) is 0 Å². The number of ether oxygens (including phenoxy) is 1. The van der Waals surface area contributed by atoms with E-state index in [0.29, 0.717) is 12.8 Å². The lowest BCUT2D eigenvalue weighted by molar-refractivity contribution is 0.107. The smallest absolute Gasteiger partial charge is 0.242 e. The average Bonchev–Trinajstić information content (AvgIpc) is 2.94. The standard InChI is InChI=1S/C13H20N2O5S2/c1-14-21(16,17)12-5-3-4-6-13(12)22(18,19)15-10-7-8-11(9-10)20-2/h3-6,10-11,14-15H,7-9H2,1-2H3/t10-,11+/m1/s1. The number of sulfonamides is 2. The van der Waals surface area contributed by atoms with Gasteiger partial charge in [0.05, 0.1) is 6.10 Å². The van der Waals surface area contributed by atoms with Crippen LogP contribution in [0.2, 0.25) is 0 Å². The third-order valence-electron chi connectivity index (χ3n) is 3.74. The normalized spacial score (nSPS) is 22.8. The van der Waals surface area contributed by atoms with E-state index in [1.165, 1.54) is 31.3 Å². The molecule has 2 atom stereocenters. The number of nitrogens with one attached hydrogen (secondary N) is 2. The molecule has 0 heterocycles. The molecule has 0 aliphatic heterocycles. The zero-order valence-corrected chi connectivity index (χ0v) is 14.1. The Hall–Kier alpha value is -1.00. The quantitative estimate of drug-likeness (QED) is 0.777. The second-order valence-corrected chi connectivity index (χ2v) is 8.68. The maximum absolute atomic E-state index is 12.5. The number of methoxy groups -OCH3 is 1. The molecule has 1 aliphatic rings. The predicted octanol–water partition coefficient (Wildman–Crippen LogP) is 0.440. The highest BCUT2D eigenvalue weighted by Crippen LogP contribution is 2.25. The molecule has 0 amide bonds. The summed E-state index contributed by atoms with van der Waals surface area (Å²) in [7, 11) is -4.94. The Morgan fingerprint density at radius 2 is 1.64 bits per heavy atom. The van der Waals surface area contributed by atoms with Crippen molar-refractivity contribution >= 4 is 20.0 Å². The van der Waals surface area contributed by atoms with E-state index >= 15 is 0 Å². The summed E-state index contributed by atoms with van der Waals surface area (Å²) < 4.78 is 58.9. The van der Waals surface area contributed by atoms with Crippen molar-refractivity contribution in [2.45, 2.75) is 41.2 Å². The van der Waals surface area contributed by atoms with Crippen LogP contribution in [0.4, 0.5) is 0 Å². The highest BCUT2D eigenvalue weighted by molar-refractivity contribution is 7.92. The first-order chi connectivity index (χ1) is 10.3. The second-order valence-electron chi connectivity index (χ2n) is 5.14. The third kappa shape index (κ3) is 3.66. The summed E-state index contributed by atoms with van der Waals surface area (Å²) in [6.45, 7) is 0. The molecular formula is C13H20N2O5S2. The van der Waals surface area contributed by atoms with Gasteiger partial charge in [0, 0.05) is 13.2 Å². The van der Waals surface area contributed by atoms with Crippen LogP contribution in [0.5, 0.6) is 0 Å². The molecule has 9 heteroatoms. The van der Waals surface area contributed by atoms with Gasteiger partial charge in [0.1, 0.15) is 9.79 Å². The van der Waals surface area contributed by atoms with Crippen molar-refractivity contribution in [2.24, 2.45) is 0 Å². The fourth-order valence-electron chi connectivity index (χ4n) is 2.55. The molecule has 22 heavy (non-hydrogen) atoms. The molecular weight excluding hydrogens is 328 g/mol. The first-order valence-corrected chi connectivity index (χ1v) is 9.84. The van der Waals surface area contributed by atoms with Crippen LogP contribution >= 0.6 is 0 Å². The Kier molecular flexibility index (Phi) is 5.23. The minimum atomic E-state index is -3.92. The highest BCUT2D eigenvalue weighted by atomic mass is 32.2. The van der Waals surface area contributed by atoms with E-state index in [4.69, 9.17) is 4.74 Å². The van der Waals surface area contributed by atoms with Crippen LogP contribution in [0, 0.1) is 0 Å². The van der Waals surface area contributed by atoms with Crippen LogP contribution in [0.1, 0.15) is 19.3 Å². The lowest BCUT2D eigenvalue weighted by atomic mass is 10.3. The van der Waals surface area contributed by atoms with Crippen LogP contribution in [0.3, 0.4) is 0 Å². The largest absolute Gasteiger partial charge is 0.381 e. The van der Waals surface area contributed by atoms with Crippen molar-refractivity contribution < 1.29 is 21.6 Å². The molecule has 0 spiro atoms. The molecule has 0 bridgehead atoms. The second kappa shape index (κ2) is 6.63. The molecule has 2 N–H and O–H groups in total. The minimum absolute atomic E-state index is 0.0315. The van der Waals surface area contributed by atoms with Crippen molar-refractivity contribution in [1.82, 2.24) is 9.44 Å². The first-order valence-electron chi connectivity index (χ1n) is 6.88. The monoisotopic (exact) mass is 348 g/mol. The maximum atomic E-state index is 12.5. The summed E-state index contributed by atoms with van der Waals surface area (Å²) in [6.07, 6.45) is 2.05. The maximum Gasteiger partial charge on any atom is 0.242 e. The summed E-state index contributed by atoms with van der Waals surface area (Å²) in [5, 5.41) is 0. The highest BCUT2D eigenvalue weighted by Gasteiger charge is 2.31. The molecule has 0 radical (unpaired) electrons. The van der Waals surface area contributed by atoms with E-state index in [1.54, 1.807) is 7.11 Å². The zero-order chi connectivity index (χ0) is 16.4. The van der Waals surface area contributed by atoms with Crippen LogP contribution < -0.4 is 9.44 Å². The lowest BCUT2D eigenvalue weighted by Gasteiger charge is -2.15. The van der Waals surface area contributed by atoms with Gasteiger partial charge >= 0.3 is 0 Å². The van der Waals surface area contributed by atoms with E-state index in [2.05, 4.69) is 9.44 Å². The molecule has 2 rings (SSSR count). The van der Waals surface area contributed by atoms with Crippen LogP contribution in [-0.4, -0.2) is 43.1 Å². The van der Waals surface area contributed by atoms with Crippen molar-refractivity contribution in [3.05, 3.63) is 24.3 Å². The molecule has 1 aromatic rings. The van der Waals surface area contributed by atoms with E-state index < -0.39 is 20.0 Å². The van der Waals surface area contributed by atoms with Crippen molar-refractivity contribution in [1.29, 1.82) is 0 Å². The number of hydrogen-bond acceptors (Lipinski definition) is 5. The van der Waals surface area contributed by atoms with Gasteiger partial charge in [-0.15, -0.1) is 0 Å². The topological polar surface area (TPSA) is 102 Å². The van der Waals surface area contributed by atoms with E-state index in [0.717, 1.165) is 6.42 Å². The number of benzene rings is 1. The van der Waals surface area contributed by atoms with E-state index in [9.17, 15) is 16.8 Å². The molecule has 1 saturated carbocycles. The fourth-order valence-corrected chi connectivity index (χ4v) is 5.39. The van der Waals surface area contributed by atoms with Crippen LogP contribution in [0.25, 0.3) is 0 Å². The van der Waals surface area contributed by atoms with E-state index in [1.807, 2.05) is 0 Å². The first kappa shape index (κ1) is 17.4. The molecule has 0 aromatic heterocycles.